The monoisotopic (exact) mass is 550 g/mol. The average molecular weight is 551 g/mol. The Bertz CT molecular complexity index is 1830. The number of amides is 1. The van der Waals surface area contributed by atoms with Crippen molar-refractivity contribution in [3.63, 3.8) is 0 Å². The number of para-hydroxylation sites is 1. The highest BCUT2D eigenvalue weighted by Crippen LogP contribution is 2.31. The Morgan fingerprint density at radius 3 is 2.25 bits per heavy atom. The summed E-state index contributed by atoms with van der Waals surface area (Å²) >= 11 is 0. The van der Waals surface area contributed by atoms with E-state index in [2.05, 4.69) is 0 Å². The molecule has 0 unspecified atom stereocenters. The second-order valence-corrected chi connectivity index (χ2v) is 12.2. The number of fused-ring (bicyclic) bond motifs is 2. The van der Waals surface area contributed by atoms with Gasteiger partial charge in [0.1, 0.15) is 0 Å². The lowest BCUT2D eigenvalue weighted by Crippen LogP contribution is -2.47. The molecule has 6 nitrogen and oxygen atoms in total. The van der Waals surface area contributed by atoms with Gasteiger partial charge in [-0.05, 0) is 42.0 Å². The Labute approximate surface area is 233 Å². The smallest absolute Gasteiger partial charge is 0.268 e. The molecule has 6 rings (SSSR count). The molecule has 0 aliphatic carbocycles. The first-order chi connectivity index (χ1) is 19.3. The number of aliphatic hydroxyl groups is 1. The summed E-state index contributed by atoms with van der Waals surface area (Å²) < 4.78 is 29.1. The highest BCUT2D eigenvalue weighted by atomic mass is 32.2. The summed E-state index contributed by atoms with van der Waals surface area (Å²) in [6, 6.07) is 29.9. The SMILES string of the molecule is O=C(/C=C/c1cn(S(=O)(=O)c2cccc3ccccc23)c2ccccc12)N1CCC(O)(Cc2ccccc2)CC1. The first-order valence-corrected chi connectivity index (χ1v) is 14.8. The number of carbonyl (C=O) groups excluding carboxylic acids is 1. The van der Waals surface area contributed by atoms with E-state index in [0.717, 1.165) is 16.3 Å². The highest BCUT2D eigenvalue weighted by molar-refractivity contribution is 7.90. The van der Waals surface area contributed by atoms with E-state index in [4.69, 9.17) is 0 Å². The molecule has 1 aliphatic heterocycles. The summed E-state index contributed by atoms with van der Waals surface area (Å²) in [5.41, 5.74) is 1.45. The second kappa shape index (κ2) is 10.4. The lowest BCUT2D eigenvalue weighted by molar-refractivity contribution is -0.130. The van der Waals surface area contributed by atoms with E-state index in [1.807, 2.05) is 72.8 Å². The van der Waals surface area contributed by atoms with Crippen LogP contribution in [0.2, 0.25) is 0 Å². The van der Waals surface area contributed by atoms with Crippen LogP contribution in [0.3, 0.4) is 0 Å². The van der Waals surface area contributed by atoms with E-state index >= 15 is 0 Å². The Balaban J connectivity index is 1.24. The predicted molar refractivity (Wildman–Crippen MR) is 158 cm³/mol. The van der Waals surface area contributed by atoms with Crippen molar-refractivity contribution in [2.24, 2.45) is 0 Å². The molecule has 4 aromatic carbocycles. The maximum absolute atomic E-state index is 13.9. The van der Waals surface area contributed by atoms with E-state index in [9.17, 15) is 18.3 Å². The van der Waals surface area contributed by atoms with Gasteiger partial charge in [0.25, 0.3) is 10.0 Å². The van der Waals surface area contributed by atoms with Crippen molar-refractivity contribution in [2.45, 2.75) is 29.8 Å². The van der Waals surface area contributed by atoms with Crippen molar-refractivity contribution in [3.05, 3.63) is 120 Å². The van der Waals surface area contributed by atoms with Gasteiger partial charge in [0.15, 0.2) is 0 Å². The minimum absolute atomic E-state index is 0.157. The molecule has 40 heavy (non-hydrogen) atoms. The Hall–Kier alpha value is -4.20. The molecule has 7 heteroatoms. The number of carbonyl (C=O) groups is 1. The van der Waals surface area contributed by atoms with Gasteiger partial charge in [-0.1, -0.05) is 84.9 Å². The van der Waals surface area contributed by atoms with Gasteiger partial charge in [0, 0.05) is 48.1 Å². The maximum Gasteiger partial charge on any atom is 0.268 e. The van der Waals surface area contributed by atoms with Gasteiger partial charge in [0.05, 0.1) is 16.0 Å². The standard InChI is InChI=1S/C33H30N2O4S/c36-32(34-21-19-33(37,20-22-34)23-25-9-2-1-3-10-25)18-17-27-24-35(30-15-7-6-13-28(27)30)40(38,39)31-16-8-12-26-11-4-5-14-29(26)31/h1-18,24,37H,19-23H2/b18-17+. The third-order valence-corrected chi connectivity index (χ3v) is 9.51. The molecule has 1 fully saturated rings. The van der Waals surface area contributed by atoms with E-state index in [1.54, 1.807) is 41.4 Å². The molecule has 1 saturated heterocycles. The van der Waals surface area contributed by atoms with Gasteiger partial charge >= 0.3 is 0 Å². The van der Waals surface area contributed by atoms with Crippen LogP contribution in [0.1, 0.15) is 24.0 Å². The van der Waals surface area contributed by atoms with Crippen LogP contribution in [0.15, 0.2) is 114 Å². The largest absolute Gasteiger partial charge is 0.389 e. The predicted octanol–water partition coefficient (Wildman–Crippen LogP) is 5.64. The topological polar surface area (TPSA) is 79.6 Å². The van der Waals surface area contributed by atoms with Crippen LogP contribution >= 0.6 is 0 Å². The molecule has 5 aromatic rings. The van der Waals surface area contributed by atoms with Gasteiger partial charge in [0.2, 0.25) is 5.91 Å². The third kappa shape index (κ3) is 4.94. The summed E-state index contributed by atoms with van der Waals surface area (Å²) in [6.45, 7) is 0.924. The highest BCUT2D eigenvalue weighted by Gasteiger charge is 2.33. The zero-order chi connectivity index (χ0) is 27.7. The van der Waals surface area contributed by atoms with E-state index < -0.39 is 15.6 Å². The Kier molecular flexibility index (Phi) is 6.78. The van der Waals surface area contributed by atoms with E-state index in [-0.39, 0.29) is 10.8 Å². The fourth-order valence-electron chi connectivity index (χ4n) is 5.60. The summed E-state index contributed by atoms with van der Waals surface area (Å²) in [6.07, 6.45) is 6.34. The Morgan fingerprint density at radius 1 is 0.825 bits per heavy atom. The van der Waals surface area contributed by atoms with Crippen molar-refractivity contribution >= 4 is 43.7 Å². The van der Waals surface area contributed by atoms with Crippen LogP contribution in [-0.2, 0) is 21.2 Å². The van der Waals surface area contributed by atoms with Gasteiger partial charge < -0.3 is 10.0 Å². The fraction of sp³-hybridized carbons (Fsp3) is 0.182. The summed E-state index contributed by atoms with van der Waals surface area (Å²) in [7, 11) is -3.91. The van der Waals surface area contributed by atoms with Gasteiger partial charge in [-0.25, -0.2) is 12.4 Å². The molecule has 202 valence electrons. The molecule has 0 radical (unpaired) electrons. The summed E-state index contributed by atoms with van der Waals surface area (Å²) in [5, 5.41) is 13.3. The maximum atomic E-state index is 13.9. The molecule has 1 aliphatic rings. The van der Waals surface area contributed by atoms with Crippen molar-refractivity contribution in [2.75, 3.05) is 13.1 Å². The van der Waals surface area contributed by atoms with Crippen molar-refractivity contribution < 1.29 is 18.3 Å². The number of hydrogen-bond acceptors (Lipinski definition) is 4. The van der Waals surface area contributed by atoms with Crippen LogP contribution < -0.4 is 0 Å². The molecule has 1 N–H and O–H groups in total. The first-order valence-electron chi connectivity index (χ1n) is 13.4. The van der Waals surface area contributed by atoms with Crippen LogP contribution in [-0.4, -0.2) is 47.0 Å². The molecule has 0 saturated carbocycles. The number of nitrogens with zero attached hydrogens (tertiary/aromatic N) is 2. The number of rotatable bonds is 6. The molecule has 2 heterocycles. The number of benzene rings is 4. The molecular formula is C33H30N2O4S. The van der Waals surface area contributed by atoms with E-state index in [1.165, 1.54) is 10.0 Å². The number of piperidine rings is 1. The summed E-state index contributed by atoms with van der Waals surface area (Å²) in [5.74, 6) is -0.157. The van der Waals surface area contributed by atoms with Gasteiger partial charge in [-0.15, -0.1) is 0 Å². The lowest BCUT2D eigenvalue weighted by atomic mass is 9.85. The molecule has 0 bridgehead atoms. The van der Waals surface area contributed by atoms with Crippen LogP contribution in [0.5, 0.6) is 0 Å². The van der Waals surface area contributed by atoms with Gasteiger partial charge in [-0.3, -0.25) is 4.79 Å². The molecule has 1 aromatic heterocycles. The number of likely N-dealkylation sites (tertiary alicyclic amines) is 1. The van der Waals surface area contributed by atoms with Crippen LogP contribution in [0.4, 0.5) is 0 Å². The first kappa shape index (κ1) is 26.0. The fourth-order valence-corrected chi connectivity index (χ4v) is 7.19. The zero-order valence-corrected chi connectivity index (χ0v) is 22.8. The van der Waals surface area contributed by atoms with Crippen molar-refractivity contribution in [1.29, 1.82) is 0 Å². The molecule has 0 spiro atoms. The average Bonchev–Trinajstić information content (AvgIpc) is 3.36. The zero-order valence-electron chi connectivity index (χ0n) is 22.0. The van der Waals surface area contributed by atoms with Crippen molar-refractivity contribution in [3.8, 4) is 0 Å². The third-order valence-electron chi connectivity index (χ3n) is 7.78. The number of hydrogen-bond donors (Lipinski definition) is 1. The van der Waals surface area contributed by atoms with Gasteiger partial charge in [-0.2, -0.15) is 0 Å². The molecule has 0 atom stereocenters. The Morgan fingerprint density at radius 2 is 1.48 bits per heavy atom. The number of aromatic nitrogens is 1. The minimum Gasteiger partial charge on any atom is -0.389 e. The normalized spacial score (nSPS) is 15.7. The quantitative estimate of drug-likeness (QED) is 0.278. The summed E-state index contributed by atoms with van der Waals surface area (Å²) in [4.78, 5) is 15.0. The minimum atomic E-state index is -3.91. The molecular weight excluding hydrogens is 520 g/mol. The van der Waals surface area contributed by atoms with Crippen LogP contribution in [0.25, 0.3) is 27.8 Å². The molecule has 1 amide bonds. The van der Waals surface area contributed by atoms with Crippen LogP contribution in [0, 0.1) is 0 Å². The van der Waals surface area contributed by atoms with Crippen molar-refractivity contribution in [1.82, 2.24) is 8.87 Å². The van der Waals surface area contributed by atoms with E-state index in [0.29, 0.717) is 48.8 Å². The lowest BCUT2D eigenvalue weighted by Gasteiger charge is -2.38. The second-order valence-electron chi connectivity index (χ2n) is 10.4.